The third kappa shape index (κ3) is 4.53. The molecule has 0 radical (unpaired) electrons. The lowest BCUT2D eigenvalue weighted by molar-refractivity contribution is 0.0945. The molecule has 0 unspecified atom stereocenters. The summed E-state index contributed by atoms with van der Waals surface area (Å²) in [6, 6.07) is 7.18. The molecule has 0 saturated carbocycles. The van der Waals surface area contributed by atoms with E-state index >= 15 is 0 Å². The smallest absolute Gasteiger partial charge is 0.251 e. The van der Waals surface area contributed by atoms with Crippen molar-refractivity contribution in [1.82, 2.24) is 10.3 Å². The summed E-state index contributed by atoms with van der Waals surface area (Å²) in [6.07, 6.45) is 1.02. The first-order chi connectivity index (χ1) is 11.2. The van der Waals surface area contributed by atoms with Gasteiger partial charge in [-0.25, -0.2) is 4.98 Å². The minimum atomic E-state index is -0.0569. The summed E-state index contributed by atoms with van der Waals surface area (Å²) in [5, 5.41) is 5.97. The lowest BCUT2D eigenvalue weighted by Crippen LogP contribution is -2.29. The number of aromatic nitrogens is 1. The van der Waals surface area contributed by atoms with Crippen molar-refractivity contribution in [3.63, 3.8) is 0 Å². The highest BCUT2D eigenvalue weighted by Crippen LogP contribution is 2.16. The Morgan fingerprint density at radius 1 is 1.43 bits per heavy atom. The van der Waals surface area contributed by atoms with Gasteiger partial charge in [0.1, 0.15) is 12.4 Å². The van der Waals surface area contributed by atoms with E-state index in [0.29, 0.717) is 24.6 Å². The van der Waals surface area contributed by atoms with Crippen molar-refractivity contribution in [3.8, 4) is 5.75 Å². The fourth-order valence-electron chi connectivity index (χ4n) is 2.42. The molecule has 0 spiro atoms. The Balaban J connectivity index is 1.48. The van der Waals surface area contributed by atoms with E-state index < -0.39 is 0 Å². The third-order valence-corrected chi connectivity index (χ3v) is 4.57. The quantitative estimate of drug-likeness (QED) is 0.884. The summed E-state index contributed by atoms with van der Waals surface area (Å²) in [7, 11) is 0. The molecule has 0 aliphatic carbocycles. The zero-order chi connectivity index (χ0) is 16.1. The summed E-state index contributed by atoms with van der Waals surface area (Å²) in [4.78, 5) is 16.4. The van der Waals surface area contributed by atoms with Gasteiger partial charge in [0.25, 0.3) is 5.91 Å². The molecule has 0 bridgehead atoms. The summed E-state index contributed by atoms with van der Waals surface area (Å²) in [5.41, 5.74) is 1.56. The molecule has 2 heterocycles. The van der Waals surface area contributed by atoms with Gasteiger partial charge in [-0.15, -0.1) is 11.3 Å². The molecule has 122 valence electrons. The number of rotatable bonds is 6. The molecular weight excluding hydrogens is 312 g/mol. The lowest BCUT2D eigenvalue weighted by atomic mass is 10.1. The first-order valence-electron chi connectivity index (χ1n) is 7.70. The Morgan fingerprint density at radius 2 is 2.26 bits per heavy atom. The summed E-state index contributed by atoms with van der Waals surface area (Å²) in [6.45, 7) is 4.62. The average Bonchev–Trinajstić information content (AvgIpc) is 3.22. The molecule has 1 aliphatic heterocycles. The molecule has 1 fully saturated rings. The molecule has 1 N–H and O–H groups in total. The minimum absolute atomic E-state index is 0.0569. The molecule has 1 aromatic heterocycles. The Morgan fingerprint density at radius 3 is 2.91 bits per heavy atom. The van der Waals surface area contributed by atoms with Crippen LogP contribution in [0, 0.1) is 12.8 Å². The van der Waals surface area contributed by atoms with Crippen LogP contribution in [0.3, 0.4) is 0 Å². The van der Waals surface area contributed by atoms with Gasteiger partial charge in [-0.3, -0.25) is 4.79 Å². The third-order valence-electron chi connectivity index (χ3n) is 3.75. The predicted molar refractivity (Wildman–Crippen MR) is 88.9 cm³/mol. The fourth-order valence-corrected chi connectivity index (χ4v) is 3.02. The number of carbonyl (C=O) groups excluding carboxylic acids is 1. The van der Waals surface area contributed by atoms with Gasteiger partial charge in [0.15, 0.2) is 0 Å². The number of nitrogens with one attached hydrogen (secondary N) is 1. The minimum Gasteiger partial charge on any atom is -0.487 e. The van der Waals surface area contributed by atoms with Crippen molar-refractivity contribution in [3.05, 3.63) is 45.9 Å². The van der Waals surface area contributed by atoms with Crippen LogP contribution in [-0.4, -0.2) is 30.6 Å². The van der Waals surface area contributed by atoms with Gasteiger partial charge < -0.3 is 14.8 Å². The Kier molecular flexibility index (Phi) is 5.25. The Labute approximate surface area is 139 Å². The van der Waals surface area contributed by atoms with Crippen LogP contribution in [0.15, 0.2) is 29.6 Å². The maximum absolute atomic E-state index is 12.1. The van der Waals surface area contributed by atoms with Gasteiger partial charge in [0.2, 0.25) is 0 Å². The topological polar surface area (TPSA) is 60.5 Å². The average molecular weight is 332 g/mol. The summed E-state index contributed by atoms with van der Waals surface area (Å²) < 4.78 is 11.0. The van der Waals surface area contributed by atoms with Crippen molar-refractivity contribution in [1.29, 1.82) is 0 Å². The number of thiazole rings is 1. The molecule has 1 amide bonds. The number of carbonyl (C=O) groups is 1. The maximum atomic E-state index is 12.1. The van der Waals surface area contributed by atoms with Crippen LogP contribution in [0.25, 0.3) is 0 Å². The Hall–Kier alpha value is -1.92. The van der Waals surface area contributed by atoms with E-state index in [-0.39, 0.29) is 5.91 Å². The highest BCUT2D eigenvalue weighted by molar-refractivity contribution is 7.09. The first-order valence-corrected chi connectivity index (χ1v) is 8.58. The van der Waals surface area contributed by atoms with Gasteiger partial charge in [-0.2, -0.15) is 0 Å². The van der Waals surface area contributed by atoms with E-state index in [2.05, 4.69) is 10.3 Å². The second-order valence-electron chi connectivity index (χ2n) is 5.61. The number of benzene rings is 1. The molecule has 1 atom stereocenters. The van der Waals surface area contributed by atoms with Crippen LogP contribution < -0.4 is 10.1 Å². The highest BCUT2D eigenvalue weighted by Gasteiger charge is 2.16. The van der Waals surface area contributed by atoms with Crippen molar-refractivity contribution in [2.75, 3.05) is 19.8 Å². The van der Waals surface area contributed by atoms with Crippen LogP contribution in [0.1, 0.15) is 27.5 Å². The standard InChI is InChI=1S/C17H20N2O3S/c1-12-19-15(11-23-12)10-22-16-4-2-14(3-5-16)17(20)18-8-13-6-7-21-9-13/h2-5,11,13H,6-10H2,1H3,(H,18,20)/t13-/m1/s1. The second kappa shape index (κ2) is 7.57. The molecule has 23 heavy (non-hydrogen) atoms. The van der Waals surface area contributed by atoms with Crippen LogP contribution in [-0.2, 0) is 11.3 Å². The van der Waals surface area contributed by atoms with Gasteiger partial charge in [-0.1, -0.05) is 0 Å². The normalized spacial score (nSPS) is 17.2. The molecule has 1 saturated heterocycles. The summed E-state index contributed by atoms with van der Waals surface area (Å²) >= 11 is 1.61. The van der Waals surface area contributed by atoms with Crippen molar-refractivity contribution in [2.24, 2.45) is 5.92 Å². The van der Waals surface area contributed by atoms with Gasteiger partial charge >= 0.3 is 0 Å². The number of hydrogen-bond acceptors (Lipinski definition) is 5. The Bertz CT molecular complexity index is 648. The molecule has 1 aliphatic rings. The van der Waals surface area contributed by atoms with Gasteiger partial charge in [-0.05, 0) is 37.6 Å². The molecule has 1 aromatic carbocycles. The zero-order valence-corrected chi connectivity index (χ0v) is 13.9. The van der Waals surface area contributed by atoms with Crippen molar-refractivity contribution < 1.29 is 14.3 Å². The van der Waals surface area contributed by atoms with Crippen LogP contribution >= 0.6 is 11.3 Å². The van der Waals surface area contributed by atoms with Crippen LogP contribution in [0.5, 0.6) is 5.75 Å². The number of aryl methyl sites for hydroxylation is 1. The van der Waals surface area contributed by atoms with E-state index in [1.54, 1.807) is 23.5 Å². The van der Waals surface area contributed by atoms with Crippen LogP contribution in [0.2, 0.25) is 0 Å². The number of nitrogens with zero attached hydrogens (tertiary/aromatic N) is 1. The zero-order valence-electron chi connectivity index (χ0n) is 13.1. The fraction of sp³-hybridized carbons (Fsp3) is 0.412. The SMILES string of the molecule is Cc1nc(COc2ccc(C(=O)NC[C@H]3CCOC3)cc2)cs1. The molecule has 2 aromatic rings. The molecule has 5 nitrogen and oxygen atoms in total. The van der Waals surface area contributed by atoms with Crippen molar-refractivity contribution in [2.45, 2.75) is 20.0 Å². The van der Waals surface area contributed by atoms with E-state index in [1.165, 1.54) is 0 Å². The van der Waals surface area contributed by atoms with Crippen LogP contribution in [0.4, 0.5) is 0 Å². The number of amides is 1. The second-order valence-corrected chi connectivity index (χ2v) is 6.67. The molecular formula is C17H20N2O3S. The number of hydrogen-bond donors (Lipinski definition) is 1. The lowest BCUT2D eigenvalue weighted by Gasteiger charge is -2.10. The maximum Gasteiger partial charge on any atom is 0.251 e. The summed E-state index contributed by atoms with van der Waals surface area (Å²) in [5.74, 6) is 1.11. The largest absolute Gasteiger partial charge is 0.487 e. The van der Waals surface area contributed by atoms with E-state index in [9.17, 15) is 4.79 Å². The van der Waals surface area contributed by atoms with Gasteiger partial charge in [0.05, 0.1) is 17.3 Å². The number of ether oxygens (including phenoxy) is 2. The first kappa shape index (κ1) is 16.0. The highest BCUT2D eigenvalue weighted by atomic mass is 32.1. The predicted octanol–water partition coefficient (Wildman–Crippen LogP) is 2.80. The van der Waals surface area contributed by atoms with E-state index in [1.807, 2.05) is 24.4 Å². The molecule has 3 rings (SSSR count). The van der Waals surface area contributed by atoms with Crippen molar-refractivity contribution >= 4 is 17.2 Å². The van der Waals surface area contributed by atoms with E-state index in [4.69, 9.17) is 9.47 Å². The van der Waals surface area contributed by atoms with E-state index in [0.717, 1.165) is 36.1 Å². The van der Waals surface area contributed by atoms with Gasteiger partial charge in [0, 0.05) is 30.0 Å². The molecule has 6 heteroatoms. The monoisotopic (exact) mass is 332 g/mol.